The number of anilines is 1. The molecule has 6 rings (SSSR count). The van der Waals surface area contributed by atoms with E-state index in [2.05, 4.69) is 24.1 Å². The Labute approximate surface area is 252 Å². The normalized spacial score (nSPS) is 18.6. The summed E-state index contributed by atoms with van der Waals surface area (Å²) in [6.07, 6.45) is 3.34. The molecule has 1 fully saturated rings. The van der Waals surface area contributed by atoms with Gasteiger partial charge in [0, 0.05) is 29.1 Å². The average molecular weight is 579 g/mol. The van der Waals surface area contributed by atoms with E-state index in [9.17, 15) is 14.4 Å². The highest BCUT2D eigenvalue weighted by Gasteiger charge is 2.53. The summed E-state index contributed by atoms with van der Waals surface area (Å²) in [6, 6.07) is 20.7. The lowest BCUT2D eigenvalue weighted by atomic mass is 9.89. The third-order valence-electron chi connectivity index (χ3n) is 8.64. The molecule has 3 aromatic carbocycles. The molecule has 3 heterocycles. The van der Waals surface area contributed by atoms with Gasteiger partial charge in [0.25, 0.3) is 11.8 Å². The zero-order chi connectivity index (χ0) is 30.2. The maximum Gasteiger partial charge on any atom is 0.332 e. The molecule has 8 heteroatoms. The van der Waals surface area contributed by atoms with Crippen LogP contribution >= 0.6 is 0 Å². The molecule has 2 aliphatic rings. The van der Waals surface area contributed by atoms with Crippen molar-refractivity contribution in [3.05, 3.63) is 95.2 Å². The fourth-order valence-electron chi connectivity index (χ4n) is 6.52. The van der Waals surface area contributed by atoms with Crippen LogP contribution in [0.1, 0.15) is 73.3 Å². The lowest BCUT2D eigenvalue weighted by molar-refractivity contribution is -0.120. The van der Waals surface area contributed by atoms with Gasteiger partial charge in [-0.15, -0.1) is 0 Å². The number of methoxy groups -OCH3 is 1. The van der Waals surface area contributed by atoms with E-state index < -0.39 is 18.1 Å². The molecule has 43 heavy (non-hydrogen) atoms. The van der Waals surface area contributed by atoms with E-state index in [-0.39, 0.29) is 17.9 Å². The van der Waals surface area contributed by atoms with Gasteiger partial charge >= 0.3 is 6.03 Å². The highest BCUT2D eigenvalue weighted by atomic mass is 16.5. The molecule has 3 atom stereocenters. The highest BCUT2D eigenvalue weighted by molar-refractivity contribution is 6.24. The van der Waals surface area contributed by atoms with Crippen LogP contribution in [0.2, 0.25) is 0 Å². The summed E-state index contributed by atoms with van der Waals surface area (Å²) in [5.74, 6) is 0.643. The number of H-pyrrole nitrogens is 1. The Morgan fingerprint density at radius 1 is 1.00 bits per heavy atom. The number of carbonyl (C=O) groups is 3. The van der Waals surface area contributed by atoms with Crippen molar-refractivity contribution < 1.29 is 19.1 Å². The van der Waals surface area contributed by atoms with Crippen molar-refractivity contribution in [1.29, 1.82) is 0 Å². The Kier molecular flexibility index (Phi) is 7.69. The lowest BCUT2D eigenvalue weighted by Crippen LogP contribution is -2.44. The Morgan fingerprint density at radius 2 is 1.77 bits per heavy atom. The SMILES string of the molecule is COc1cccc(C2c3[nH]c4ccccc4c3CC3C(=O)N(c4ccccc4C(=O)NC(C)CCCC(C)C)C(=O)N32)c1. The topological polar surface area (TPSA) is 94.7 Å². The summed E-state index contributed by atoms with van der Waals surface area (Å²) >= 11 is 0. The van der Waals surface area contributed by atoms with Gasteiger partial charge in [0.15, 0.2) is 0 Å². The van der Waals surface area contributed by atoms with Crippen molar-refractivity contribution >= 4 is 34.4 Å². The second-order valence-electron chi connectivity index (χ2n) is 12.0. The van der Waals surface area contributed by atoms with Gasteiger partial charge in [0.2, 0.25) is 0 Å². The molecule has 8 nitrogen and oxygen atoms in total. The third-order valence-corrected chi connectivity index (χ3v) is 8.64. The minimum Gasteiger partial charge on any atom is -0.497 e. The van der Waals surface area contributed by atoms with Gasteiger partial charge in [-0.3, -0.25) is 14.5 Å². The zero-order valence-electron chi connectivity index (χ0n) is 25.1. The van der Waals surface area contributed by atoms with Crippen LogP contribution in [-0.2, 0) is 11.2 Å². The van der Waals surface area contributed by atoms with Crippen LogP contribution in [0.3, 0.4) is 0 Å². The summed E-state index contributed by atoms with van der Waals surface area (Å²) in [5.41, 5.74) is 4.31. The maximum absolute atomic E-state index is 14.4. The number of para-hydroxylation sites is 2. The van der Waals surface area contributed by atoms with Crippen LogP contribution in [-0.4, -0.2) is 46.9 Å². The number of nitrogens with one attached hydrogen (secondary N) is 2. The number of fused-ring (bicyclic) bond motifs is 4. The Balaban J connectivity index is 1.37. The number of rotatable bonds is 9. The molecule has 2 aliphatic heterocycles. The van der Waals surface area contributed by atoms with E-state index in [1.807, 2.05) is 55.5 Å². The number of aromatic nitrogens is 1. The maximum atomic E-state index is 14.4. The van der Waals surface area contributed by atoms with Crippen molar-refractivity contribution in [3.63, 3.8) is 0 Å². The summed E-state index contributed by atoms with van der Waals surface area (Å²) in [4.78, 5) is 48.5. The monoisotopic (exact) mass is 578 g/mol. The summed E-state index contributed by atoms with van der Waals surface area (Å²) in [5, 5.41) is 4.12. The van der Waals surface area contributed by atoms with E-state index >= 15 is 0 Å². The summed E-state index contributed by atoms with van der Waals surface area (Å²) in [7, 11) is 1.61. The van der Waals surface area contributed by atoms with Crippen LogP contribution < -0.4 is 15.0 Å². The van der Waals surface area contributed by atoms with Crippen LogP contribution in [0, 0.1) is 5.92 Å². The van der Waals surface area contributed by atoms with E-state index in [0.717, 1.165) is 47.0 Å². The molecule has 4 amide bonds. The molecule has 0 spiro atoms. The second kappa shape index (κ2) is 11.6. The summed E-state index contributed by atoms with van der Waals surface area (Å²) < 4.78 is 5.52. The number of ether oxygens (including phenoxy) is 1. The fraction of sp³-hybridized carbons (Fsp3) is 0.343. The Bertz CT molecular complexity index is 1690. The van der Waals surface area contributed by atoms with E-state index in [4.69, 9.17) is 4.74 Å². The van der Waals surface area contributed by atoms with Crippen LogP contribution in [0.4, 0.5) is 10.5 Å². The molecular weight excluding hydrogens is 540 g/mol. The second-order valence-corrected chi connectivity index (χ2v) is 12.0. The Hall–Kier alpha value is -4.59. The fourth-order valence-corrected chi connectivity index (χ4v) is 6.52. The molecule has 0 radical (unpaired) electrons. The first-order valence-corrected chi connectivity index (χ1v) is 15.1. The number of benzene rings is 3. The predicted molar refractivity (Wildman–Crippen MR) is 167 cm³/mol. The van der Waals surface area contributed by atoms with Crippen molar-refractivity contribution in [2.45, 2.75) is 64.6 Å². The van der Waals surface area contributed by atoms with Gasteiger partial charge in [0.1, 0.15) is 17.8 Å². The van der Waals surface area contributed by atoms with Gasteiger partial charge in [-0.05, 0) is 60.7 Å². The molecule has 0 bridgehead atoms. The molecule has 0 aliphatic carbocycles. The van der Waals surface area contributed by atoms with Crippen molar-refractivity contribution in [3.8, 4) is 5.75 Å². The number of hydrogen-bond acceptors (Lipinski definition) is 4. The largest absolute Gasteiger partial charge is 0.497 e. The first-order valence-electron chi connectivity index (χ1n) is 15.1. The number of carbonyl (C=O) groups excluding carboxylic acids is 3. The van der Waals surface area contributed by atoms with E-state index in [1.165, 1.54) is 4.90 Å². The minimum absolute atomic E-state index is 0.0358. The van der Waals surface area contributed by atoms with Gasteiger partial charge in [0.05, 0.1) is 18.4 Å². The number of hydrogen-bond donors (Lipinski definition) is 2. The quantitative estimate of drug-likeness (QED) is 0.219. The lowest BCUT2D eigenvalue weighted by Gasteiger charge is -2.36. The van der Waals surface area contributed by atoms with Gasteiger partial charge in [-0.1, -0.05) is 69.2 Å². The molecule has 2 N–H and O–H groups in total. The molecule has 1 aromatic heterocycles. The van der Waals surface area contributed by atoms with Gasteiger partial charge in [-0.25, -0.2) is 9.69 Å². The first kappa shape index (κ1) is 28.5. The van der Waals surface area contributed by atoms with Gasteiger partial charge < -0.3 is 15.0 Å². The smallest absolute Gasteiger partial charge is 0.332 e. The average Bonchev–Trinajstić information content (AvgIpc) is 3.49. The molecular formula is C35H38N4O4. The van der Waals surface area contributed by atoms with Crippen molar-refractivity contribution in [2.75, 3.05) is 12.0 Å². The number of amides is 4. The highest BCUT2D eigenvalue weighted by Crippen LogP contribution is 2.45. The number of nitrogens with zero attached hydrogens (tertiary/aromatic N) is 2. The predicted octanol–water partition coefficient (Wildman–Crippen LogP) is 6.60. The molecule has 3 unspecified atom stereocenters. The van der Waals surface area contributed by atoms with Crippen LogP contribution in [0.5, 0.6) is 5.75 Å². The molecule has 222 valence electrons. The van der Waals surface area contributed by atoms with Crippen LogP contribution in [0.15, 0.2) is 72.8 Å². The number of imide groups is 1. The van der Waals surface area contributed by atoms with Crippen LogP contribution in [0.25, 0.3) is 10.9 Å². The molecule has 4 aromatic rings. The van der Waals surface area contributed by atoms with Crippen molar-refractivity contribution in [2.24, 2.45) is 5.92 Å². The van der Waals surface area contributed by atoms with E-state index in [0.29, 0.717) is 29.3 Å². The molecule has 0 saturated carbocycles. The standard InChI is InChI=1S/C35H38N4O4/c1-21(2)11-9-12-22(3)36-33(40)26-16-6-8-18-29(26)39-34(41)30-20-27-25-15-5-7-17-28(25)37-31(27)32(38(30)35(39)42)23-13-10-14-24(19-23)43-4/h5-8,10,13-19,21-22,30,32,37H,9,11-12,20H2,1-4H3,(H,36,40). The Morgan fingerprint density at radius 3 is 2.56 bits per heavy atom. The zero-order valence-corrected chi connectivity index (χ0v) is 25.1. The van der Waals surface area contributed by atoms with Crippen molar-refractivity contribution in [1.82, 2.24) is 15.2 Å². The number of aromatic amines is 1. The first-order chi connectivity index (χ1) is 20.8. The van der Waals surface area contributed by atoms with E-state index in [1.54, 1.807) is 36.3 Å². The molecule has 1 saturated heterocycles. The minimum atomic E-state index is -0.721. The number of urea groups is 1. The summed E-state index contributed by atoms with van der Waals surface area (Å²) in [6.45, 7) is 6.37. The third kappa shape index (κ3) is 5.15. The van der Waals surface area contributed by atoms with Gasteiger partial charge in [-0.2, -0.15) is 0 Å².